The van der Waals surface area contributed by atoms with Crippen LogP contribution in [0.15, 0.2) is 82.6 Å². The molecule has 0 aliphatic heterocycles. The molecule has 0 unspecified atom stereocenters. The number of aryl methyl sites for hydroxylation is 2. The first kappa shape index (κ1) is 29.8. The van der Waals surface area contributed by atoms with E-state index in [0.29, 0.717) is 5.56 Å². The van der Waals surface area contributed by atoms with Gasteiger partial charge in [0.05, 0.1) is 4.90 Å². The van der Waals surface area contributed by atoms with Crippen LogP contribution in [0.5, 0.6) is 5.75 Å². The molecule has 0 radical (unpaired) electrons. The van der Waals surface area contributed by atoms with Crippen molar-refractivity contribution in [3.05, 3.63) is 89.5 Å². The van der Waals surface area contributed by atoms with Crippen LogP contribution in [0.1, 0.15) is 31.5 Å². The van der Waals surface area contributed by atoms with Crippen molar-refractivity contribution in [2.75, 3.05) is 0 Å². The van der Waals surface area contributed by atoms with Gasteiger partial charge in [0.2, 0.25) is 10.0 Å². The van der Waals surface area contributed by atoms with E-state index in [-0.39, 0.29) is 36.8 Å². The average Bonchev–Trinajstić information content (AvgIpc) is 2.75. The molecule has 3 rings (SSSR count). The van der Waals surface area contributed by atoms with Crippen LogP contribution in [0.4, 0.5) is 0 Å². The van der Waals surface area contributed by atoms with E-state index in [1.165, 1.54) is 48.5 Å². The SMILES string of the molecule is C.C.Cc1ccc(S(=O)(=O)N[C@@H](Cc2ccc(OS(=O)(=O)c3ccc(C)cc3)cc2)C(=O)O)cc1. The van der Waals surface area contributed by atoms with Crippen molar-refractivity contribution in [3.8, 4) is 5.75 Å². The zero-order chi connectivity index (χ0) is 24.2. The van der Waals surface area contributed by atoms with E-state index in [1.54, 1.807) is 24.3 Å². The molecule has 2 N–H and O–H groups in total. The number of carbonyl (C=O) groups is 1. The molecule has 0 heterocycles. The summed E-state index contributed by atoms with van der Waals surface area (Å²) in [6.07, 6.45) is -0.147. The van der Waals surface area contributed by atoms with Crippen LogP contribution in [0.2, 0.25) is 0 Å². The van der Waals surface area contributed by atoms with Gasteiger partial charge in [-0.05, 0) is 62.2 Å². The Kier molecular flexibility index (Phi) is 10.2. The first-order valence-electron chi connectivity index (χ1n) is 9.88. The van der Waals surface area contributed by atoms with E-state index in [2.05, 4.69) is 4.72 Å². The highest BCUT2D eigenvalue weighted by Gasteiger charge is 2.26. The van der Waals surface area contributed by atoms with Crippen LogP contribution in [-0.2, 0) is 31.4 Å². The van der Waals surface area contributed by atoms with Crippen LogP contribution in [0, 0.1) is 13.8 Å². The second kappa shape index (κ2) is 12.0. The van der Waals surface area contributed by atoms with E-state index in [0.717, 1.165) is 11.1 Å². The number of rotatable bonds is 9. The molecule has 0 aromatic heterocycles. The van der Waals surface area contributed by atoms with E-state index in [1.807, 2.05) is 13.8 Å². The fourth-order valence-corrected chi connectivity index (χ4v) is 5.07. The Balaban J connectivity index is 0.00000306. The molecule has 0 aliphatic rings. The summed E-state index contributed by atoms with van der Waals surface area (Å²) in [7, 11) is -8.07. The molecular weight excluding hydrogens is 490 g/mol. The predicted molar refractivity (Wildman–Crippen MR) is 136 cm³/mol. The van der Waals surface area contributed by atoms with Crippen molar-refractivity contribution in [1.82, 2.24) is 4.72 Å². The smallest absolute Gasteiger partial charge is 0.339 e. The second-order valence-electron chi connectivity index (χ2n) is 7.52. The topological polar surface area (TPSA) is 127 Å². The van der Waals surface area contributed by atoms with Gasteiger partial charge in [-0.2, -0.15) is 13.1 Å². The van der Waals surface area contributed by atoms with Gasteiger partial charge in [0.25, 0.3) is 0 Å². The maximum absolute atomic E-state index is 12.6. The summed E-state index contributed by atoms with van der Waals surface area (Å²) in [6.45, 7) is 3.64. The Morgan fingerprint density at radius 1 is 0.800 bits per heavy atom. The van der Waals surface area contributed by atoms with Crippen LogP contribution in [-0.4, -0.2) is 34.0 Å². The van der Waals surface area contributed by atoms with Gasteiger partial charge in [-0.1, -0.05) is 62.4 Å². The summed E-state index contributed by atoms with van der Waals surface area (Å²) >= 11 is 0. The lowest BCUT2D eigenvalue weighted by Gasteiger charge is -2.15. The number of carboxylic acid groups (broad SMARTS) is 1. The van der Waals surface area contributed by atoms with Crippen molar-refractivity contribution >= 4 is 26.1 Å². The summed E-state index contributed by atoms with van der Waals surface area (Å²) in [4.78, 5) is 11.6. The van der Waals surface area contributed by atoms with Crippen LogP contribution in [0.25, 0.3) is 0 Å². The van der Waals surface area contributed by atoms with Gasteiger partial charge in [0.1, 0.15) is 16.7 Å². The van der Waals surface area contributed by atoms with E-state index in [4.69, 9.17) is 4.18 Å². The molecule has 0 fully saturated rings. The highest BCUT2D eigenvalue weighted by Crippen LogP contribution is 2.20. The Morgan fingerprint density at radius 2 is 1.26 bits per heavy atom. The lowest BCUT2D eigenvalue weighted by molar-refractivity contribution is -0.138. The lowest BCUT2D eigenvalue weighted by Crippen LogP contribution is -2.42. The molecule has 10 heteroatoms. The van der Waals surface area contributed by atoms with Crippen molar-refractivity contribution in [2.45, 2.75) is 51.0 Å². The molecule has 3 aromatic carbocycles. The average molecular weight is 522 g/mol. The molecule has 0 saturated carbocycles. The summed E-state index contributed by atoms with van der Waals surface area (Å²) in [5, 5.41) is 9.51. The molecule has 190 valence electrons. The van der Waals surface area contributed by atoms with Gasteiger partial charge >= 0.3 is 16.1 Å². The zero-order valence-corrected chi connectivity index (χ0v) is 19.6. The minimum absolute atomic E-state index is 0. The molecule has 8 nitrogen and oxygen atoms in total. The number of hydrogen-bond donors (Lipinski definition) is 2. The maximum Gasteiger partial charge on any atom is 0.339 e. The molecule has 3 aromatic rings. The Hall–Kier alpha value is -3.21. The predicted octanol–water partition coefficient (Wildman–Crippen LogP) is 4.32. The largest absolute Gasteiger partial charge is 0.480 e. The Bertz CT molecular complexity index is 1330. The van der Waals surface area contributed by atoms with Gasteiger partial charge in [0, 0.05) is 0 Å². The van der Waals surface area contributed by atoms with Gasteiger partial charge in [-0.15, -0.1) is 0 Å². The molecular formula is C25H31NO7S2. The van der Waals surface area contributed by atoms with Crippen molar-refractivity contribution in [3.63, 3.8) is 0 Å². The first-order valence-corrected chi connectivity index (χ1v) is 12.8. The first-order chi connectivity index (χ1) is 15.5. The van der Waals surface area contributed by atoms with Crippen LogP contribution >= 0.6 is 0 Å². The molecule has 0 spiro atoms. The van der Waals surface area contributed by atoms with Gasteiger partial charge in [-0.3, -0.25) is 4.79 Å². The van der Waals surface area contributed by atoms with E-state index >= 15 is 0 Å². The Morgan fingerprint density at radius 3 is 1.71 bits per heavy atom. The standard InChI is InChI=1S/C23H23NO7S2.2CH4/c1-16-3-11-20(12-4-16)32(27,28)24-22(23(25)26)15-18-7-9-19(10-8-18)31-33(29,30)21-13-5-17(2)6-14-21;;/h3-14,22,24H,15H2,1-2H3,(H,25,26);2*1H4/t22-;;/m0../s1. The fraction of sp³-hybridized carbons (Fsp3) is 0.240. The van der Waals surface area contributed by atoms with Crippen LogP contribution < -0.4 is 8.91 Å². The highest BCUT2D eigenvalue weighted by atomic mass is 32.2. The number of benzene rings is 3. The van der Waals surface area contributed by atoms with Gasteiger partial charge in [0.15, 0.2) is 0 Å². The highest BCUT2D eigenvalue weighted by molar-refractivity contribution is 7.89. The summed E-state index contributed by atoms with van der Waals surface area (Å²) < 4.78 is 57.2. The van der Waals surface area contributed by atoms with Crippen molar-refractivity contribution in [1.29, 1.82) is 0 Å². The van der Waals surface area contributed by atoms with E-state index in [9.17, 15) is 26.7 Å². The minimum Gasteiger partial charge on any atom is -0.480 e. The maximum atomic E-state index is 12.6. The fourth-order valence-electron chi connectivity index (χ4n) is 2.95. The molecule has 0 aliphatic carbocycles. The summed E-state index contributed by atoms with van der Waals surface area (Å²) in [5.41, 5.74) is 2.26. The van der Waals surface area contributed by atoms with Crippen molar-refractivity contribution in [2.24, 2.45) is 0 Å². The summed E-state index contributed by atoms with van der Waals surface area (Å²) in [6, 6.07) is 16.5. The zero-order valence-electron chi connectivity index (χ0n) is 17.9. The number of carboxylic acids is 1. The molecule has 1 atom stereocenters. The van der Waals surface area contributed by atoms with Gasteiger partial charge in [-0.25, -0.2) is 8.42 Å². The molecule has 0 saturated heterocycles. The number of sulfonamides is 1. The number of aliphatic carboxylic acids is 1. The molecule has 0 bridgehead atoms. The third-order valence-corrected chi connectivity index (χ3v) is 7.55. The third kappa shape index (κ3) is 7.91. The van der Waals surface area contributed by atoms with Gasteiger partial charge < -0.3 is 9.29 Å². The number of hydrogen-bond acceptors (Lipinski definition) is 6. The normalized spacial score (nSPS) is 12.1. The van der Waals surface area contributed by atoms with Crippen LogP contribution in [0.3, 0.4) is 0 Å². The third-order valence-electron chi connectivity index (χ3n) is 4.81. The second-order valence-corrected chi connectivity index (χ2v) is 10.8. The van der Waals surface area contributed by atoms with Crippen molar-refractivity contribution < 1.29 is 30.9 Å². The molecule has 0 amide bonds. The lowest BCUT2D eigenvalue weighted by atomic mass is 10.1. The number of nitrogens with one attached hydrogen (secondary N) is 1. The summed E-state index contributed by atoms with van der Waals surface area (Å²) in [5.74, 6) is -1.29. The van der Waals surface area contributed by atoms with E-state index < -0.39 is 32.2 Å². The minimum atomic E-state index is -4.04. The molecule has 35 heavy (non-hydrogen) atoms. The monoisotopic (exact) mass is 521 g/mol. The Labute approximate surface area is 207 Å². The quantitative estimate of drug-likeness (QED) is 0.402.